The number of para-hydroxylation sites is 1. The van der Waals surface area contributed by atoms with Gasteiger partial charge in [0.25, 0.3) is 0 Å². The summed E-state index contributed by atoms with van der Waals surface area (Å²) >= 11 is 5.46. The predicted octanol–water partition coefficient (Wildman–Crippen LogP) is 4.61. The molecule has 0 aliphatic rings. The zero-order valence-electron chi connectivity index (χ0n) is 12.8. The highest BCUT2D eigenvalue weighted by molar-refractivity contribution is 7.80. The molecular formula is C18H22N2S. The molecule has 21 heavy (non-hydrogen) atoms. The maximum Gasteiger partial charge on any atom is 0.171 e. The van der Waals surface area contributed by atoms with E-state index in [0.29, 0.717) is 5.11 Å². The highest BCUT2D eigenvalue weighted by Crippen LogP contribution is 2.21. The van der Waals surface area contributed by atoms with Crippen LogP contribution in [0, 0.1) is 6.92 Å². The van der Waals surface area contributed by atoms with Crippen molar-refractivity contribution in [3.8, 4) is 0 Å². The molecule has 3 heteroatoms. The molecule has 0 fully saturated rings. The Morgan fingerprint density at radius 2 is 1.81 bits per heavy atom. The first kappa shape index (κ1) is 15.5. The molecule has 0 unspecified atom stereocenters. The topological polar surface area (TPSA) is 24.1 Å². The summed E-state index contributed by atoms with van der Waals surface area (Å²) in [5.74, 6) is 0. The molecule has 0 aromatic heterocycles. The van der Waals surface area contributed by atoms with Crippen LogP contribution in [-0.4, -0.2) is 5.11 Å². The summed E-state index contributed by atoms with van der Waals surface area (Å²) in [7, 11) is 0. The van der Waals surface area contributed by atoms with Gasteiger partial charge in [0.2, 0.25) is 0 Å². The lowest BCUT2D eigenvalue weighted by Crippen LogP contribution is -2.31. The van der Waals surface area contributed by atoms with Gasteiger partial charge in [-0.2, -0.15) is 0 Å². The van der Waals surface area contributed by atoms with Crippen LogP contribution in [-0.2, 0) is 6.42 Å². The Labute approximate surface area is 132 Å². The zero-order chi connectivity index (χ0) is 15.2. The summed E-state index contributed by atoms with van der Waals surface area (Å²) in [6, 6.07) is 16.8. The molecule has 2 rings (SSSR count). The number of aryl methyl sites for hydroxylation is 2. The van der Waals surface area contributed by atoms with Gasteiger partial charge in [0.1, 0.15) is 0 Å². The van der Waals surface area contributed by atoms with Crippen molar-refractivity contribution in [3.05, 3.63) is 65.2 Å². The molecule has 0 spiro atoms. The number of benzene rings is 2. The van der Waals surface area contributed by atoms with Gasteiger partial charge in [-0.05, 0) is 49.2 Å². The Bertz CT molecular complexity index is 608. The number of thiocarbonyl (C=S) groups is 1. The summed E-state index contributed by atoms with van der Waals surface area (Å²) < 4.78 is 0. The minimum absolute atomic E-state index is 0.181. The third kappa shape index (κ3) is 4.05. The van der Waals surface area contributed by atoms with Gasteiger partial charge in [-0.25, -0.2) is 0 Å². The van der Waals surface area contributed by atoms with Crippen molar-refractivity contribution >= 4 is 23.0 Å². The molecule has 2 aromatic carbocycles. The second-order valence-electron chi connectivity index (χ2n) is 5.19. The van der Waals surface area contributed by atoms with E-state index >= 15 is 0 Å². The molecule has 2 N–H and O–H groups in total. The van der Waals surface area contributed by atoms with E-state index in [-0.39, 0.29) is 6.04 Å². The van der Waals surface area contributed by atoms with Crippen LogP contribution in [0.15, 0.2) is 48.5 Å². The van der Waals surface area contributed by atoms with Crippen LogP contribution < -0.4 is 10.6 Å². The SMILES string of the molecule is CCc1cccc(C)c1NC(=S)N[C@H](C)c1ccccc1. The van der Waals surface area contributed by atoms with Gasteiger partial charge < -0.3 is 10.6 Å². The number of hydrogen-bond donors (Lipinski definition) is 2. The van der Waals surface area contributed by atoms with Crippen molar-refractivity contribution in [2.24, 2.45) is 0 Å². The second-order valence-corrected chi connectivity index (χ2v) is 5.60. The van der Waals surface area contributed by atoms with Gasteiger partial charge in [-0.3, -0.25) is 0 Å². The number of nitrogens with one attached hydrogen (secondary N) is 2. The Morgan fingerprint density at radius 1 is 1.10 bits per heavy atom. The lowest BCUT2D eigenvalue weighted by atomic mass is 10.1. The lowest BCUT2D eigenvalue weighted by Gasteiger charge is -2.19. The molecule has 0 aliphatic heterocycles. The quantitative estimate of drug-likeness (QED) is 0.806. The molecule has 2 nitrogen and oxygen atoms in total. The van der Waals surface area contributed by atoms with Crippen molar-refractivity contribution in [2.45, 2.75) is 33.2 Å². The molecule has 0 saturated carbocycles. The van der Waals surface area contributed by atoms with E-state index in [1.54, 1.807) is 0 Å². The van der Waals surface area contributed by atoms with Crippen molar-refractivity contribution in [2.75, 3.05) is 5.32 Å². The van der Waals surface area contributed by atoms with E-state index < -0.39 is 0 Å². The fourth-order valence-electron chi connectivity index (χ4n) is 2.37. The number of rotatable bonds is 4. The lowest BCUT2D eigenvalue weighted by molar-refractivity contribution is 0.722. The van der Waals surface area contributed by atoms with Gasteiger partial charge in [-0.1, -0.05) is 55.5 Å². The van der Waals surface area contributed by atoms with Crippen LogP contribution in [0.1, 0.15) is 36.6 Å². The standard InChI is InChI=1S/C18H22N2S/c1-4-15-12-8-9-13(2)17(15)20-18(21)19-14(3)16-10-6-5-7-11-16/h5-12,14H,4H2,1-3H3,(H2,19,20,21)/t14-/m1/s1. The van der Waals surface area contributed by atoms with Gasteiger partial charge in [0.15, 0.2) is 5.11 Å². The van der Waals surface area contributed by atoms with Crippen molar-refractivity contribution in [3.63, 3.8) is 0 Å². The van der Waals surface area contributed by atoms with Gasteiger partial charge in [0.05, 0.1) is 6.04 Å². The summed E-state index contributed by atoms with van der Waals surface area (Å²) in [5, 5.41) is 7.36. The van der Waals surface area contributed by atoms with E-state index in [1.807, 2.05) is 18.2 Å². The minimum Gasteiger partial charge on any atom is -0.356 e. The third-order valence-corrected chi connectivity index (χ3v) is 3.85. The molecule has 110 valence electrons. The Morgan fingerprint density at radius 3 is 2.48 bits per heavy atom. The maximum absolute atomic E-state index is 5.46. The van der Waals surface area contributed by atoms with Crippen LogP contribution in [0.2, 0.25) is 0 Å². The summed E-state index contributed by atoms with van der Waals surface area (Å²) in [5.41, 5.74) is 4.84. The second kappa shape index (κ2) is 7.23. The molecule has 0 amide bonds. The van der Waals surface area contributed by atoms with Crippen LogP contribution in [0.5, 0.6) is 0 Å². The normalized spacial score (nSPS) is 11.8. The average molecular weight is 298 g/mol. The largest absolute Gasteiger partial charge is 0.356 e. The maximum atomic E-state index is 5.46. The molecular weight excluding hydrogens is 276 g/mol. The fourth-order valence-corrected chi connectivity index (χ4v) is 2.65. The average Bonchev–Trinajstić information content (AvgIpc) is 2.50. The van der Waals surface area contributed by atoms with Crippen LogP contribution >= 0.6 is 12.2 Å². The third-order valence-electron chi connectivity index (χ3n) is 3.63. The number of anilines is 1. The van der Waals surface area contributed by atoms with E-state index in [9.17, 15) is 0 Å². The van der Waals surface area contributed by atoms with Crippen LogP contribution in [0.3, 0.4) is 0 Å². The Balaban J connectivity index is 2.06. The number of hydrogen-bond acceptors (Lipinski definition) is 1. The summed E-state index contributed by atoms with van der Waals surface area (Å²) in [6.07, 6.45) is 0.987. The first-order chi connectivity index (χ1) is 10.1. The zero-order valence-corrected chi connectivity index (χ0v) is 13.6. The van der Waals surface area contributed by atoms with Crippen molar-refractivity contribution in [1.29, 1.82) is 0 Å². The Kier molecular flexibility index (Phi) is 5.34. The van der Waals surface area contributed by atoms with Gasteiger partial charge >= 0.3 is 0 Å². The highest BCUT2D eigenvalue weighted by Gasteiger charge is 2.09. The molecule has 0 radical (unpaired) electrons. The summed E-state index contributed by atoms with van der Waals surface area (Å²) in [6.45, 7) is 6.37. The predicted molar refractivity (Wildman–Crippen MR) is 94.8 cm³/mol. The first-order valence-corrected chi connectivity index (χ1v) is 7.73. The fraction of sp³-hybridized carbons (Fsp3) is 0.278. The van der Waals surface area contributed by atoms with Crippen LogP contribution in [0.4, 0.5) is 5.69 Å². The molecule has 0 aliphatic carbocycles. The molecule has 1 atom stereocenters. The molecule has 0 heterocycles. The molecule has 2 aromatic rings. The molecule has 0 saturated heterocycles. The minimum atomic E-state index is 0.181. The smallest absolute Gasteiger partial charge is 0.171 e. The van der Waals surface area contributed by atoms with Crippen LogP contribution in [0.25, 0.3) is 0 Å². The Hall–Kier alpha value is -1.87. The van der Waals surface area contributed by atoms with E-state index in [2.05, 4.69) is 61.7 Å². The van der Waals surface area contributed by atoms with E-state index in [4.69, 9.17) is 12.2 Å². The molecule has 0 bridgehead atoms. The van der Waals surface area contributed by atoms with Gasteiger partial charge in [0, 0.05) is 5.69 Å². The van der Waals surface area contributed by atoms with E-state index in [1.165, 1.54) is 16.7 Å². The monoisotopic (exact) mass is 298 g/mol. The summed E-state index contributed by atoms with van der Waals surface area (Å²) in [4.78, 5) is 0. The van der Waals surface area contributed by atoms with Gasteiger partial charge in [-0.15, -0.1) is 0 Å². The first-order valence-electron chi connectivity index (χ1n) is 7.32. The van der Waals surface area contributed by atoms with E-state index in [0.717, 1.165) is 12.1 Å². The van der Waals surface area contributed by atoms with Crippen molar-refractivity contribution in [1.82, 2.24) is 5.32 Å². The van der Waals surface area contributed by atoms with Crippen molar-refractivity contribution < 1.29 is 0 Å². The highest BCUT2D eigenvalue weighted by atomic mass is 32.1.